The Kier molecular flexibility index (Phi) is 4.34. The highest BCUT2D eigenvalue weighted by Crippen LogP contribution is 2.24. The van der Waals surface area contributed by atoms with Gasteiger partial charge in [0.1, 0.15) is 0 Å². The van der Waals surface area contributed by atoms with Gasteiger partial charge in [-0.3, -0.25) is 9.40 Å². The number of benzene rings is 1. The lowest BCUT2D eigenvalue weighted by atomic mass is 10.2. The molecule has 0 fully saturated rings. The Morgan fingerprint density at radius 2 is 1.86 bits per heavy atom. The van der Waals surface area contributed by atoms with Crippen LogP contribution in [0.5, 0.6) is 0 Å². The third kappa shape index (κ3) is 2.93. The first kappa shape index (κ1) is 15.5. The minimum Gasteiger partial charge on any atom is -0.316 e. The third-order valence-electron chi connectivity index (χ3n) is 3.39. The fraction of sp³-hybridized carbons (Fsp3) is 0.357. The number of hydrogen-bond acceptors (Lipinski definition) is 4. The quantitative estimate of drug-likeness (QED) is 0.879. The standard InChI is InChI=1S/C14H20N4O2S/c1-10-5-7-12(8-6-10)18(4)21(19,20)14-13(9-15-3)11(2)16-17-14/h5-8,15H,9H2,1-4H3,(H,16,17). The van der Waals surface area contributed by atoms with Gasteiger partial charge < -0.3 is 5.32 Å². The maximum absolute atomic E-state index is 12.7. The molecule has 0 aliphatic carbocycles. The van der Waals surface area contributed by atoms with Crippen molar-refractivity contribution in [3.63, 3.8) is 0 Å². The van der Waals surface area contributed by atoms with Crippen molar-refractivity contribution in [2.45, 2.75) is 25.4 Å². The Morgan fingerprint density at radius 3 is 2.43 bits per heavy atom. The number of aromatic nitrogens is 2. The molecule has 0 radical (unpaired) electrons. The maximum Gasteiger partial charge on any atom is 0.283 e. The fourth-order valence-corrected chi connectivity index (χ4v) is 3.41. The molecule has 0 atom stereocenters. The lowest BCUT2D eigenvalue weighted by molar-refractivity contribution is 0.588. The summed E-state index contributed by atoms with van der Waals surface area (Å²) in [6.07, 6.45) is 0. The molecule has 1 aromatic heterocycles. The number of aromatic amines is 1. The van der Waals surface area contributed by atoms with Gasteiger partial charge in [0, 0.05) is 24.8 Å². The van der Waals surface area contributed by atoms with Gasteiger partial charge in [-0.1, -0.05) is 17.7 Å². The second kappa shape index (κ2) is 5.87. The number of H-pyrrole nitrogens is 1. The summed E-state index contributed by atoms with van der Waals surface area (Å²) in [6.45, 7) is 4.21. The Morgan fingerprint density at radius 1 is 1.24 bits per heavy atom. The number of nitrogens with one attached hydrogen (secondary N) is 2. The Balaban J connectivity index is 2.44. The molecule has 0 aliphatic heterocycles. The van der Waals surface area contributed by atoms with Crippen molar-refractivity contribution in [2.75, 3.05) is 18.4 Å². The molecule has 7 heteroatoms. The molecule has 6 nitrogen and oxygen atoms in total. The molecule has 0 saturated heterocycles. The van der Waals surface area contributed by atoms with Crippen molar-refractivity contribution in [2.24, 2.45) is 0 Å². The summed E-state index contributed by atoms with van der Waals surface area (Å²) in [6, 6.07) is 7.32. The molecule has 0 unspecified atom stereocenters. The normalized spacial score (nSPS) is 11.6. The van der Waals surface area contributed by atoms with Crippen LogP contribution in [-0.4, -0.2) is 32.7 Å². The number of anilines is 1. The Hall–Kier alpha value is -1.86. The van der Waals surface area contributed by atoms with Crippen LogP contribution < -0.4 is 9.62 Å². The zero-order valence-corrected chi connectivity index (χ0v) is 13.5. The van der Waals surface area contributed by atoms with E-state index in [2.05, 4.69) is 15.5 Å². The lowest BCUT2D eigenvalue weighted by Gasteiger charge is -2.19. The first-order chi connectivity index (χ1) is 9.87. The summed E-state index contributed by atoms with van der Waals surface area (Å²) in [7, 11) is -0.381. The van der Waals surface area contributed by atoms with Gasteiger partial charge in [0.15, 0.2) is 0 Å². The van der Waals surface area contributed by atoms with Crippen molar-refractivity contribution < 1.29 is 8.42 Å². The number of rotatable bonds is 5. The van der Waals surface area contributed by atoms with Gasteiger partial charge in [-0.25, -0.2) is 0 Å². The number of hydrogen-bond donors (Lipinski definition) is 2. The predicted octanol–water partition coefficient (Wildman–Crippen LogP) is 1.57. The molecule has 0 aliphatic rings. The largest absolute Gasteiger partial charge is 0.316 e. The molecule has 2 aromatic rings. The molecule has 0 spiro atoms. The van der Waals surface area contributed by atoms with Crippen molar-refractivity contribution in [3.05, 3.63) is 41.1 Å². The van der Waals surface area contributed by atoms with Crippen LogP contribution in [0.1, 0.15) is 16.8 Å². The van der Waals surface area contributed by atoms with Crippen molar-refractivity contribution in [1.82, 2.24) is 15.5 Å². The van der Waals surface area contributed by atoms with E-state index in [1.807, 2.05) is 26.0 Å². The summed E-state index contributed by atoms with van der Waals surface area (Å²) in [4.78, 5) is 0. The van der Waals surface area contributed by atoms with Gasteiger partial charge in [0.2, 0.25) is 5.03 Å². The molecule has 2 rings (SSSR count). The zero-order chi connectivity index (χ0) is 15.6. The number of nitrogens with zero attached hydrogens (tertiary/aromatic N) is 2. The summed E-state index contributed by atoms with van der Waals surface area (Å²) >= 11 is 0. The fourth-order valence-electron chi connectivity index (χ4n) is 2.05. The maximum atomic E-state index is 12.7. The molecule has 0 bridgehead atoms. The summed E-state index contributed by atoms with van der Waals surface area (Å²) in [5.74, 6) is 0. The monoisotopic (exact) mass is 308 g/mol. The minimum atomic E-state index is -3.69. The van der Waals surface area contributed by atoms with E-state index in [-0.39, 0.29) is 5.03 Å². The van der Waals surface area contributed by atoms with Crippen molar-refractivity contribution >= 4 is 15.7 Å². The van der Waals surface area contributed by atoms with Gasteiger partial charge in [0.25, 0.3) is 10.0 Å². The highest BCUT2D eigenvalue weighted by molar-refractivity contribution is 7.92. The smallest absolute Gasteiger partial charge is 0.283 e. The van der Waals surface area contributed by atoms with E-state index < -0.39 is 10.0 Å². The van der Waals surface area contributed by atoms with Crippen LogP contribution in [0, 0.1) is 13.8 Å². The van der Waals surface area contributed by atoms with E-state index in [0.29, 0.717) is 17.8 Å². The topological polar surface area (TPSA) is 78.1 Å². The third-order valence-corrected chi connectivity index (χ3v) is 5.15. The van der Waals surface area contributed by atoms with Crippen LogP contribution in [0.25, 0.3) is 0 Å². The molecular weight excluding hydrogens is 288 g/mol. The van der Waals surface area contributed by atoms with Gasteiger partial charge >= 0.3 is 0 Å². The first-order valence-corrected chi connectivity index (χ1v) is 8.06. The Bertz CT molecular complexity index is 720. The minimum absolute atomic E-state index is 0.0671. The van der Waals surface area contributed by atoms with Crippen LogP contribution >= 0.6 is 0 Å². The van der Waals surface area contributed by atoms with Gasteiger partial charge in [0.05, 0.1) is 5.69 Å². The molecule has 114 valence electrons. The SMILES string of the molecule is CNCc1c(S(=O)(=O)N(C)c2ccc(C)cc2)n[nH]c1C. The van der Waals surface area contributed by atoms with Gasteiger partial charge in [-0.05, 0) is 33.0 Å². The van der Waals surface area contributed by atoms with Crippen LogP contribution in [0.2, 0.25) is 0 Å². The van der Waals surface area contributed by atoms with E-state index in [1.54, 1.807) is 19.2 Å². The van der Waals surface area contributed by atoms with Crippen LogP contribution in [-0.2, 0) is 16.6 Å². The summed E-state index contributed by atoms with van der Waals surface area (Å²) in [5.41, 5.74) is 3.10. The summed E-state index contributed by atoms with van der Waals surface area (Å²) < 4.78 is 26.7. The molecule has 0 saturated carbocycles. The number of aryl methyl sites for hydroxylation is 2. The first-order valence-electron chi connectivity index (χ1n) is 6.62. The predicted molar refractivity (Wildman–Crippen MR) is 82.9 cm³/mol. The Labute approximate surface area is 125 Å². The van der Waals surface area contributed by atoms with Crippen LogP contribution in [0.4, 0.5) is 5.69 Å². The van der Waals surface area contributed by atoms with E-state index in [4.69, 9.17) is 0 Å². The molecular formula is C14H20N4O2S. The molecule has 21 heavy (non-hydrogen) atoms. The van der Waals surface area contributed by atoms with E-state index in [0.717, 1.165) is 11.3 Å². The second-order valence-electron chi connectivity index (χ2n) is 4.97. The van der Waals surface area contributed by atoms with Gasteiger partial charge in [-0.2, -0.15) is 13.5 Å². The van der Waals surface area contributed by atoms with E-state index >= 15 is 0 Å². The number of sulfonamides is 1. The molecule has 2 N–H and O–H groups in total. The highest BCUT2D eigenvalue weighted by atomic mass is 32.2. The zero-order valence-electron chi connectivity index (χ0n) is 12.6. The molecule has 1 aromatic carbocycles. The van der Waals surface area contributed by atoms with Crippen molar-refractivity contribution in [3.8, 4) is 0 Å². The van der Waals surface area contributed by atoms with E-state index in [1.165, 1.54) is 11.4 Å². The van der Waals surface area contributed by atoms with E-state index in [9.17, 15) is 8.42 Å². The molecule has 1 heterocycles. The second-order valence-corrected chi connectivity index (χ2v) is 6.86. The highest BCUT2D eigenvalue weighted by Gasteiger charge is 2.28. The average molecular weight is 308 g/mol. The van der Waals surface area contributed by atoms with Gasteiger partial charge in [-0.15, -0.1) is 0 Å². The summed E-state index contributed by atoms with van der Waals surface area (Å²) in [5, 5.41) is 9.76. The average Bonchev–Trinajstić information content (AvgIpc) is 2.81. The van der Waals surface area contributed by atoms with Crippen molar-refractivity contribution in [1.29, 1.82) is 0 Å². The lowest BCUT2D eigenvalue weighted by Crippen LogP contribution is -2.28. The molecule has 0 amide bonds. The van der Waals surface area contributed by atoms with Crippen LogP contribution in [0.3, 0.4) is 0 Å². The van der Waals surface area contributed by atoms with Crippen LogP contribution in [0.15, 0.2) is 29.3 Å².